The summed E-state index contributed by atoms with van der Waals surface area (Å²) in [4.78, 5) is 28.5. The van der Waals surface area contributed by atoms with Gasteiger partial charge in [0.15, 0.2) is 5.13 Å². The van der Waals surface area contributed by atoms with Gasteiger partial charge in [0.1, 0.15) is 0 Å². The number of sulfonamides is 1. The molecule has 0 spiro atoms. The van der Waals surface area contributed by atoms with Crippen LogP contribution in [0.5, 0.6) is 0 Å². The maximum Gasteiger partial charge on any atom is 0.270 e. The Hall–Kier alpha value is -3.74. The van der Waals surface area contributed by atoms with Gasteiger partial charge in [-0.05, 0) is 43.3 Å². The summed E-state index contributed by atoms with van der Waals surface area (Å²) in [6.45, 7) is 1.75. The first-order valence-corrected chi connectivity index (χ1v) is 13.8. The molecule has 1 atom stereocenters. The number of nitro benzene ring substituents is 1. The van der Waals surface area contributed by atoms with E-state index in [1.807, 2.05) is 0 Å². The zero-order chi connectivity index (χ0) is 25.7. The fourth-order valence-electron chi connectivity index (χ4n) is 3.12. The third-order valence-electron chi connectivity index (χ3n) is 4.93. The molecule has 36 heavy (non-hydrogen) atoms. The molecular formula is C24H20N4O5S3. The molecule has 1 aromatic heterocycles. The van der Waals surface area contributed by atoms with Crippen molar-refractivity contribution in [1.29, 1.82) is 0 Å². The standard InChI is InChI=1S/C24H20N4O5S3/c1-16(23(29)26-24-25-22(15-34-24)17-6-5-7-19(14-17)28(30)31)35-20-12-10-18(11-13-20)27-36(32,33)21-8-3-2-4-9-21/h2-16,27H,1H3,(H,25,26,29). The van der Waals surface area contributed by atoms with Crippen molar-refractivity contribution in [1.82, 2.24) is 4.98 Å². The van der Waals surface area contributed by atoms with Gasteiger partial charge < -0.3 is 5.32 Å². The molecule has 4 aromatic rings. The van der Waals surface area contributed by atoms with Crippen LogP contribution in [0.4, 0.5) is 16.5 Å². The van der Waals surface area contributed by atoms with Crippen molar-refractivity contribution in [3.8, 4) is 11.3 Å². The minimum atomic E-state index is -3.68. The van der Waals surface area contributed by atoms with Crippen LogP contribution in [0, 0.1) is 10.1 Å². The zero-order valence-corrected chi connectivity index (χ0v) is 21.3. The van der Waals surface area contributed by atoms with Gasteiger partial charge in [0.05, 0.1) is 20.8 Å². The molecule has 12 heteroatoms. The first-order valence-electron chi connectivity index (χ1n) is 10.6. The number of nitrogens with zero attached hydrogens (tertiary/aromatic N) is 2. The van der Waals surface area contributed by atoms with Crippen LogP contribution in [0.25, 0.3) is 11.3 Å². The van der Waals surface area contributed by atoms with Crippen LogP contribution in [-0.2, 0) is 14.8 Å². The summed E-state index contributed by atoms with van der Waals surface area (Å²) in [7, 11) is -3.68. The number of aromatic nitrogens is 1. The summed E-state index contributed by atoms with van der Waals surface area (Å²) < 4.78 is 27.5. The number of nitrogens with one attached hydrogen (secondary N) is 2. The predicted molar refractivity (Wildman–Crippen MR) is 142 cm³/mol. The van der Waals surface area contributed by atoms with Crippen LogP contribution in [0.1, 0.15) is 6.92 Å². The lowest BCUT2D eigenvalue weighted by Crippen LogP contribution is -2.22. The lowest BCUT2D eigenvalue weighted by Gasteiger charge is -2.12. The highest BCUT2D eigenvalue weighted by atomic mass is 32.2. The molecule has 1 amide bonds. The van der Waals surface area contributed by atoms with Gasteiger partial charge in [0.25, 0.3) is 15.7 Å². The minimum Gasteiger partial charge on any atom is -0.301 e. The number of thiazole rings is 1. The molecule has 0 bridgehead atoms. The number of thioether (sulfide) groups is 1. The SMILES string of the molecule is CC(Sc1ccc(NS(=O)(=O)c2ccccc2)cc1)C(=O)Nc1nc(-c2cccc([N+](=O)[O-])c2)cs1. The van der Waals surface area contributed by atoms with Gasteiger partial charge in [-0.3, -0.25) is 19.6 Å². The van der Waals surface area contributed by atoms with Gasteiger partial charge in [0.2, 0.25) is 5.91 Å². The second-order valence-electron chi connectivity index (χ2n) is 7.54. The number of non-ortho nitro benzene ring substituents is 1. The number of amides is 1. The lowest BCUT2D eigenvalue weighted by molar-refractivity contribution is -0.384. The van der Waals surface area contributed by atoms with Crippen LogP contribution in [0.3, 0.4) is 0 Å². The first kappa shape index (κ1) is 25.4. The lowest BCUT2D eigenvalue weighted by atomic mass is 10.1. The molecule has 1 heterocycles. The Kier molecular flexibility index (Phi) is 7.67. The first-order chi connectivity index (χ1) is 17.2. The van der Waals surface area contributed by atoms with Crippen LogP contribution < -0.4 is 10.0 Å². The fraction of sp³-hybridized carbons (Fsp3) is 0.0833. The van der Waals surface area contributed by atoms with E-state index in [4.69, 9.17) is 0 Å². The molecule has 0 fully saturated rings. The van der Waals surface area contributed by atoms with E-state index in [-0.39, 0.29) is 16.5 Å². The minimum absolute atomic E-state index is 0.0324. The van der Waals surface area contributed by atoms with Gasteiger partial charge in [-0.1, -0.05) is 30.3 Å². The number of benzene rings is 3. The van der Waals surface area contributed by atoms with Crippen LogP contribution in [0.2, 0.25) is 0 Å². The van der Waals surface area contributed by atoms with Crippen molar-refractivity contribution >= 4 is 55.5 Å². The maximum atomic E-state index is 12.7. The molecular weight excluding hydrogens is 520 g/mol. The van der Waals surface area contributed by atoms with Crippen LogP contribution in [-0.4, -0.2) is 29.5 Å². The van der Waals surface area contributed by atoms with Crippen molar-refractivity contribution < 1.29 is 18.1 Å². The highest BCUT2D eigenvalue weighted by molar-refractivity contribution is 8.00. The summed E-state index contributed by atoms with van der Waals surface area (Å²) in [5.74, 6) is -0.256. The Labute approximate surface area is 215 Å². The Morgan fingerprint density at radius 2 is 1.78 bits per heavy atom. The number of hydrogen-bond donors (Lipinski definition) is 2. The molecule has 0 aliphatic rings. The summed E-state index contributed by atoms with van der Waals surface area (Å²) in [5.41, 5.74) is 1.51. The number of hydrogen-bond acceptors (Lipinski definition) is 8. The van der Waals surface area contributed by atoms with Gasteiger partial charge in [0, 0.05) is 33.7 Å². The average Bonchev–Trinajstić information content (AvgIpc) is 3.34. The quantitative estimate of drug-likeness (QED) is 0.160. The van der Waals surface area contributed by atoms with E-state index in [1.54, 1.807) is 66.9 Å². The molecule has 0 saturated carbocycles. The summed E-state index contributed by atoms with van der Waals surface area (Å²) in [6.07, 6.45) is 0. The van der Waals surface area contributed by atoms with Crippen molar-refractivity contribution in [2.75, 3.05) is 10.0 Å². The summed E-state index contributed by atoms with van der Waals surface area (Å²) >= 11 is 2.54. The van der Waals surface area contributed by atoms with Crippen molar-refractivity contribution in [2.45, 2.75) is 22.0 Å². The fourth-order valence-corrected chi connectivity index (χ4v) is 5.79. The number of anilines is 2. The number of carbonyl (C=O) groups excluding carboxylic acids is 1. The third kappa shape index (κ3) is 6.27. The van der Waals surface area contributed by atoms with E-state index in [0.29, 0.717) is 22.1 Å². The molecule has 0 radical (unpaired) electrons. The zero-order valence-electron chi connectivity index (χ0n) is 18.8. The molecule has 184 valence electrons. The van der Waals surface area contributed by atoms with Crippen LogP contribution in [0.15, 0.2) is 94.0 Å². The molecule has 1 unspecified atom stereocenters. The largest absolute Gasteiger partial charge is 0.301 e. The predicted octanol–water partition coefficient (Wildman–Crippen LogP) is 5.64. The second-order valence-corrected chi connectivity index (χ2v) is 11.5. The Morgan fingerprint density at radius 3 is 2.47 bits per heavy atom. The highest BCUT2D eigenvalue weighted by Gasteiger charge is 2.18. The monoisotopic (exact) mass is 540 g/mol. The molecule has 0 aliphatic heterocycles. The van der Waals surface area contributed by atoms with E-state index in [2.05, 4.69) is 15.0 Å². The van der Waals surface area contributed by atoms with Crippen molar-refractivity contribution in [3.05, 3.63) is 94.4 Å². The molecule has 4 rings (SSSR count). The van der Waals surface area contributed by atoms with Gasteiger partial charge in [-0.25, -0.2) is 13.4 Å². The molecule has 3 aromatic carbocycles. The normalized spacial score (nSPS) is 12.0. The van der Waals surface area contributed by atoms with Gasteiger partial charge in [-0.15, -0.1) is 23.1 Å². The van der Waals surface area contributed by atoms with Gasteiger partial charge in [-0.2, -0.15) is 0 Å². The third-order valence-corrected chi connectivity index (χ3v) is 8.20. The van der Waals surface area contributed by atoms with E-state index in [9.17, 15) is 23.3 Å². The van der Waals surface area contributed by atoms with E-state index in [0.717, 1.165) is 4.90 Å². The highest BCUT2D eigenvalue weighted by Crippen LogP contribution is 2.29. The van der Waals surface area contributed by atoms with E-state index < -0.39 is 20.2 Å². The van der Waals surface area contributed by atoms with Crippen LogP contribution >= 0.6 is 23.1 Å². The smallest absolute Gasteiger partial charge is 0.270 e. The molecule has 2 N–H and O–H groups in total. The second kappa shape index (κ2) is 10.9. The summed E-state index contributed by atoms with van der Waals surface area (Å²) in [6, 6.07) is 21.0. The van der Waals surface area contributed by atoms with E-state index >= 15 is 0 Å². The topological polar surface area (TPSA) is 131 Å². The van der Waals surface area contributed by atoms with Crippen molar-refractivity contribution in [3.63, 3.8) is 0 Å². The molecule has 9 nitrogen and oxygen atoms in total. The molecule has 0 aliphatic carbocycles. The van der Waals surface area contributed by atoms with E-state index in [1.165, 1.54) is 47.4 Å². The Bertz CT molecular complexity index is 1490. The average molecular weight is 541 g/mol. The maximum absolute atomic E-state index is 12.7. The van der Waals surface area contributed by atoms with Crippen molar-refractivity contribution in [2.24, 2.45) is 0 Å². The molecule has 0 saturated heterocycles. The number of nitro groups is 1. The Morgan fingerprint density at radius 1 is 1.06 bits per heavy atom. The summed E-state index contributed by atoms with van der Waals surface area (Å²) in [5, 5.41) is 15.4. The van der Waals surface area contributed by atoms with Gasteiger partial charge >= 0.3 is 0 Å². The number of rotatable bonds is 9. The Balaban J connectivity index is 1.35. The number of carbonyl (C=O) groups is 1.